The van der Waals surface area contributed by atoms with Crippen molar-refractivity contribution in [1.82, 2.24) is 14.5 Å². The van der Waals surface area contributed by atoms with Gasteiger partial charge in [0.2, 0.25) is 21.8 Å². The van der Waals surface area contributed by atoms with Crippen LogP contribution in [0.3, 0.4) is 0 Å². The summed E-state index contributed by atoms with van der Waals surface area (Å²) in [5, 5.41) is 2.68. The Kier molecular flexibility index (Phi) is 7.48. The van der Waals surface area contributed by atoms with Gasteiger partial charge in [-0.15, -0.1) is 0 Å². The highest BCUT2D eigenvalue weighted by Gasteiger charge is 2.34. The van der Waals surface area contributed by atoms with E-state index in [1.54, 1.807) is 11.0 Å². The first kappa shape index (κ1) is 23.0. The van der Waals surface area contributed by atoms with Crippen LogP contribution >= 0.6 is 0 Å². The van der Waals surface area contributed by atoms with Gasteiger partial charge in [0, 0.05) is 39.2 Å². The molecule has 0 bridgehead atoms. The smallest absolute Gasteiger partial charge is 0.245 e. The summed E-state index contributed by atoms with van der Waals surface area (Å²) in [4.78, 5) is 25.9. The zero-order valence-corrected chi connectivity index (χ0v) is 18.3. The SMILES string of the molecule is COc1ccc(S(=O)(=O)N2CCN(C(=O)[C@@H](NC(C)=O)C(C)C)CC2)cc1OC. The van der Waals surface area contributed by atoms with E-state index >= 15 is 0 Å². The molecule has 1 fully saturated rings. The van der Waals surface area contributed by atoms with E-state index in [0.29, 0.717) is 11.5 Å². The molecule has 1 heterocycles. The highest BCUT2D eigenvalue weighted by atomic mass is 32.2. The molecule has 10 heteroatoms. The molecule has 0 saturated carbocycles. The Balaban J connectivity index is 2.11. The monoisotopic (exact) mass is 427 g/mol. The Morgan fingerprint density at radius 3 is 2.10 bits per heavy atom. The number of hydrogen-bond acceptors (Lipinski definition) is 6. The number of rotatable bonds is 7. The molecule has 0 unspecified atom stereocenters. The second kappa shape index (κ2) is 9.45. The molecule has 0 aliphatic carbocycles. The minimum atomic E-state index is -3.73. The van der Waals surface area contributed by atoms with Gasteiger partial charge in [-0.2, -0.15) is 4.31 Å². The maximum Gasteiger partial charge on any atom is 0.245 e. The van der Waals surface area contributed by atoms with E-state index in [9.17, 15) is 18.0 Å². The molecular formula is C19H29N3O6S. The number of hydrogen-bond donors (Lipinski definition) is 1. The average molecular weight is 428 g/mol. The topological polar surface area (TPSA) is 105 Å². The fourth-order valence-corrected chi connectivity index (χ4v) is 4.64. The van der Waals surface area contributed by atoms with E-state index in [1.807, 2.05) is 13.8 Å². The predicted molar refractivity (Wildman–Crippen MR) is 107 cm³/mol. The summed E-state index contributed by atoms with van der Waals surface area (Å²) in [6.45, 7) is 5.95. The molecule has 1 aliphatic heterocycles. The Morgan fingerprint density at radius 1 is 1.03 bits per heavy atom. The first-order valence-electron chi connectivity index (χ1n) is 9.39. The molecular weight excluding hydrogens is 398 g/mol. The number of nitrogens with one attached hydrogen (secondary N) is 1. The maximum atomic E-state index is 13.0. The lowest BCUT2D eigenvalue weighted by atomic mass is 10.0. The van der Waals surface area contributed by atoms with Crippen molar-refractivity contribution in [2.24, 2.45) is 5.92 Å². The van der Waals surface area contributed by atoms with Gasteiger partial charge in [-0.05, 0) is 18.1 Å². The molecule has 162 valence electrons. The third kappa shape index (κ3) is 5.18. The van der Waals surface area contributed by atoms with Crippen LogP contribution in [0.15, 0.2) is 23.1 Å². The Labute approximate surface area is 172 Å². The lowest BCUT2D eigenvalue weighted by molar-refractivity contribution is -0.138. The zero-order valence-electron chi connectivity index (χ0n) is 17.5. The number of sulfonamides is 1. The van der Waals surface area contributed by atoms with Crippen LogP contribution in [-0.4, -0.2) is 75.9 Å². The molecule has 1 atom stereocenters. The minimum Gasteiger partial charge on any atom is -0.493 e. The number of methoxy groups -OCH3 is 2. The zero-order chi connectivity index (χ0) is 21.8. The van der Waals surface area contributed by atoms with Crippen LogP contribution < -0.4 is 14.8 Å². The first-order valence-corrected chi connectivity index (χ1v) is 10.8. The first-order chi connectivity index (χ1) is 13.6. The summed E-state index contributed by atoms with van der Waals surface area (Å²) in [6.07, 6.45) is 0. The molecule has 1 N–H and O–H groups in total. The van der Waals surface area contributed by atoms with E-state index in [1.165, 1.54) is 37.6 Å². The summed E-state index contributed by atoms with van der Waals surface area (Å²) in [5.41, 5.74) is 0. The third-order valence-electron chi connectivity index (χ3n) is 4.83. The highest BCUT2D eigenvalue weighted by Crippen LogP contribution is 2.31. The van der Waals surface area contributed by atoms with Gasteiger partial charge >= 0.3 is 0 Å². The van der Waals surface area contributed by atoms with Gasteiger partial charge in [-0.3, -0.25) is 9.59 Å². The quantitative estimate of drug-likeness (QED) is 0.687. The lowest BCUT2D eigenvalue weighted by Gasteiger charge is -2.36. The molecule has 2 rings (SSSR count). The molecule has 0 spiro atoms. The number of carbonyl (C=O) groups is 2. The molecule has 9 nitrogen and oxygen atoms in total. The van der Waals surface area contributed by atoms with E-state index in [4.69, 9.17) is 9.47 Å². The van der Waals surface area contributed by atoms with Crippen molar-refractivity contribution in [3.63, 3.8) is 0 Å². The van der Waals surface area contributed by atoms with Gasteiger partial charge in [0.05, 0.1) is 19.1 Å². The van der Waals surface area contributed by atoms with Crippen molar-refractivity contribution in [1.29, 1.82) is 0 Å². The van der Waals surface area contributed by atoms with Gasteiger partial charge in [0.1, 0.15) is 6.04 Å². The van der Waals surface area contributed by atoms with Crippen LogP contribution in [0, 0.1) is 5.92 Å². The second-order valence-electron chi connectivity index (χ2n) is 7.17. The minimum absolute atomic E-state index is 0.0695. The predicted octanol–water partition coefficient (Wildman–Crippen LogP) is 0.697. The van der Waals surface area contributed by atoms with Crippen molar-refractivity contribution in [3.8, 4) is 11.5 Å². The van der Waals surface area contributed by atoms with Crippen molar-refractivity contribution >= 4 is 21.8 Å². The largest absolute Gasteiger partial charge is 0.493 e. The fourth-order valence-electron chi connectivity index (χ4n) is 3.20. The van der Waals surface area contributed by atoms with Crippen LogP contribution in [-0.2, 0) is 19.6 Å². The summed E-state index contributed by atoms with van der Waals surface area (Å²) in [7, 11) is -0.811. The van der Waals surface area contributed by atoms with Gasteiger partial charge in [0.15, 0.2) is 11.5 Å². The lowest BCUT2D eigenvalue weighted by Crippen LogP contribution is -2.56. The van der Waals surface area contributed by atoms with E-state index in [0.717, 1.165) is 0 Å². The van der Waals surface area contributed by atoms with Crippen molar-refractivity contribution in [2.75, 3.05) is 40.4 Å². The number of ether oxygens (including phenoxy) is 2. The normalized spacial score (nSPS) is 16.4. The molecule has 0 aromatic heterocycles. The standard InChI is InChI=1S/C19H29N3O6S/c1-13(2)18(20-14(3)23)19(24)21-8-10-22(11-9-21)29(25,26)15-6-7-16(27-4)17(12-15)28-5/h6-7,12-13,18H,8-11H2,1-5H3,(H,20,23)/t18-/m0/s1. The van der Waals surface area contributed by atoms with Crippen LogP contribution in [0.25, 0.3) is 0 Å². The molecule has 2 amide bonds. The number of amides is 2. The van der Waals surface area contributed by atoms with Crippen LogP contribution in [0.5, 0.6) is 11.5 Å². The summed E-state index contributed by atoms with van der Waals surface area (Å²) < 4.78 is 37.7. The summed E-state index contributed by atoms with van der Waals surface area (Å²) >= 11 is 0. The second-order valence-corrected chi connectivity index (χ2v) is 9.11. The maximum absolute atomic E-state index is 13.0. The van der Waals surface area contributed by atoms with Crippen LogP contribution in [0.2, 0.25) is 0 Å². The van der Waals surface area contributed by atoms with Crippen molar-refractivity contribution < 1.29 is 27.5 Å². The van der Waals surface area contributed by atoms with Gasteiger partial charge in [0.25, 0.3) is 0 Å². The van der Waals surface area contributed by atoms with Crippen molar-refractivity contribution in [3.05, 3.63) is 18.2 Å². The number of benzene rings is 1. The molecule has 1 saturated heterocycles. The van der Waals surface area contributed by atoms with Crippen LogP contribution in [0.4, 0.5) is 0 Å². The van der Waals surface area contributed by atoms with Gasteiger partial charge in [-0.25, -0.2) is 8.42 Å². The molecule has 0 radical (unpaired) electrons. The van der Waals surface area contributed by atoms with Crippen LogP contribution in [0.1, 0.15) is 20.8 Å². The number of nitrogens with zero attached hydrogens (tertiary/aromatic N) is 2. The van der Waals surface area contributed by atoms with Gasteiger partial charge < -0.3 is 19.7 Å². The molecule has 29 heavy (non-hydrogen) atoms. The van der Waals surface area contributed by atoms with E-state index in [2.05, 4.69) is 5.32 Å². The van der Waals surface area contributed by atoms with Crippen molar-refractivity contribution in [2.45, 2.75) is 31.7 Å². The number of piperazine rings is 1. The van der Waals surface area contributed by atoms with E-state index < -0.39 is 16.1 Å². The Bertz CT molecular complexity index is 848. The van der Waals surface area contributed by atoms with Gasteiger partial charge in [-0.1, -0.05) is 13.8 Å². The average Bonchev–Trinajstić information content (AvgIpc) is 2.70. The number of carbonyl (C=O) groups excluding carboxylic acids is 2. The Morgan fingerprint density at radius 2 is 1.62 bits per heavy atom. The molecule has 1 aromatic carbocycles. The Hall–Kier alpha value is -2.33. The third-order valence-corrected chi connectivity index (χ3v) is 6.73. The summed E-state index contributed by atoms with van der Waals surface area (Å²) in [6, 6.07) is 3.82. The highest BCUT2D eigenvalue weighted by molar-refractivity contribution is 7.89. The molecule has 1 aliphatic rings. The molecule has 1 aromatic rings. The summed E-state index contributed by atoms with van der Waals surface area (Å²) in [5.74, 6) is 0.238. The fraction of sp³-hybridized carbons (Fsp3) is 0.579. The van der Waals surface area contributed by atoms with E-state index in [-0.39, 0.29) is 48.8 Å².